The maximum atomic E-state index is 8.52. The third-order valence-electron chi connectivity index (χ3n) is 2.41. The standard InChI is InChI=1S/C14H15N3O/c1-14(2,3)13-7-5-4-6-11(13)10-18-17-12(8-15)9-16/h4-7H,10H2,1-3H3. The van der Waals surface area contributed by atoms with Gasteiger partial charge in [0.2, 0.25) is 0 Å². The third-order valence-corrected chi connectivity index (χ3v) is 2.41. The summed E-state index contributed by atoms with van der Waals surface area (Å²) in [4.78, 5) is 5.04. The van der Waals surface area contributed by atoms with E-state index in [1.807, 2.05) is 24.3 Å². The lowest BCUT2D eigenvalue weighted by Crippen LogP contribution is -2.14. The number of nitriles is 2. The van der Waals surface area contributed by atoms with Gasteiger partial charge in [0.1, 0.15) is 18.7 Å². The van der Waals surface area contributed by atoms with Gasteiger partial charge in [0.05, 0.1) is 0 Å². The van der Waals surface area contributed by atoms with E-state index in [4.69, 9.17) is 15.4 Å². The van der Waals surface area contributed by atoms with E-state index < -0.39 is 0 Å². The third kappa shape index (κ3) is 3.61. The van der Waals surface area contributed by atoms with Crippen LogP contribution in [0.25, 0.3) is 0 Å². The predicted octanol–water partition coefficient (Wildman–Crippen LogP) is 2.90. The van der Waals surface area contributed by atoms with Crippen LogP contribution in [-0.4, -0.2) is 5.71 Å². The van der Waals surface area contributed by atoms with Crippen molar-refractivity contribution in [2.45, 2.75) is 32.8 Å². The lowest BCUT2D eigenvalue weighted by molar-refractivity contribution is 0.130. The molecule has 0 unspecified atom stereocenters. The number of nitrogens with zero attached hydrogens (tertiary/aromatic N) is 3. The highest BCUT2D eigenvalue weighted by Gasteiger charge is 2.17. The van der Waals surface area contributed by atoms with Crippen molar-refractivity contribution in [3.63, 3.8) is 0 Å². The quantitative estimate of drug-likeness (QED) is 0.603. The van der Waals surface area contributed by atoms with Gasteiger partial charge in [0.25, 0.3) is 5.71 Å². The molecule has 1 aromatic rings. The molecular formula is C14H15N3O. The molecule has 1 aromatic carbocycles. The van der Waals surface area contributed by atoms with Crippen molar-refractivity contribution in [3.05, 3.63) is 35.4 Å². The summed E-state index contributed by atoms with van der Waals surface area (Å²) in [7, 11) is 0. The number of hydrogen-bond donors (Lipinski definition) is 0. The Morgan fingerprint density at radius 3 is 2.39 bits per heavy atom. The van der Waals surface area contributed by atoms with E-state index in [0.29, 0.717) is 0 Å². The molecule has 18 heavy (non-hydrogen) atoms. The highest BCUT2D eigenvalue weighted by molar-refractivity contribution is 6.09. The molecule has 1 rings (SSSR count). The number of oxime groups is 1. The minimum atomic E-state index is -0.275. The molecular weight excluding hydrogens is 226 g/mol. The molecule has 0 aliphatic rings. The maximum Gasteiger partial charge on any atom is 0.256 e. The van der Waals surface area contributed by atoms with Gasteiger partial charge in [0.15, 0.2) is 0 Å². The second-order valence-corrected chi connectivity index (χ2v) is 4.84. The Balaban J connectivity index is 2.85. The fraction of sp³-hybridized carbons (Fsp3) is 0.357. The van der Waals surface area contributed by atoms with Crippen LogP contribution >= 0.6 is 0 Å². The molecule has 0 saturated heterocycles. The summed E-state index contributed by atoms with van der Waals surface area (Å²) in [6.45, 7) is 6.60. The lowest BCUT2D eigenvalue weighted by atomic mass is 9.84. The molecule has 0 heterocycles. The van der Waals surface area contributed by atoms with Crippen molar-refractivity contribution in [1.82, 2.24) is 0 Å². The second-order valence-electron chi connectivity index (χ2n) is 4.84. The van der Waals surface area contributed by atoms with E-state index in [1.165, 1.54) is 0 Å². The number of hydrogen-bond acceptors (Lipinski definition) is 4. The Morgan fingerprint density at radius 1 is 1.22 bits per heavy atom. The summed E-state index contributed by atoms with van der Waals surface area (Å²) in [5.74, 6) is 0. The van der Waals surface area contributed by atoms with Crippen LogP contribution in [0, 0.1) is 22.7 Å². The molecule has 0 N–H and O–H groups in total. The van der Waals surface area contributed by atoms with Crippen molar-refractivity contribution >= 4 is 5.71 Å². The Kier molecular flexibility index (Phi) is 4.45. The Labute approximate surface area is 107 Å². The molecule has 0 aliphatic heterocycles. The van der Waals surface area contributed by atoms with Gasteiger partial charge in [-0.05, 0) is 16.5 Å². The summed E-state index contributed by atoms with van der Waals surface area (Å²) in [6.07, 6.45) is 0. The van der Waals surface area contributed by atoms with E-state index in [9.17, 15) is 0 Å². The van der Waals surface area contributed by atoms with Gasteiger partial charge in [-0.2, -0.15) is 10.5 Å². The van der Waals surface area contributed by atoms with E-state index in [0.717, 1.165) is 11.1 Å². The molecule has 0 fully saturated rings. The summed E-state index contributed by atoms with van der Waals surface area (Å²) in [5, 5.41) is 20.5. The molecule has 0 radical (unpaired) electrons. The van der Waals surface area contributed by atoms with Crippen LogP contribution in [0.3, 0.4) is 0 Å². The molecule has 0 aliphatic carbocycles. The minimum absolute atomic E-state index is 0.0109. The average molecular weight is 241 g/mol. The van der Waals surface area contributed by atoms with Crippen LogP contribution in [0.1, 0.15) is 31.9 Å². The van der Waals surface area contributed by atoms with Crippen LogP contribution in [0.15, 0.2) is 29.4 Å². The average Bonchev–Trinajstić information content (AvgIpc) is 2.34. The van der Waals surface area contributed by atoms with Gasteiger partial charge in [-0.1, -0.05) is 50.2 Å². The largest absolute Gasteiger partial charge is 0.389 e. The summed E-state index contributed by atoms with van der Waals surface area (Å²) >= 11 is 0. The van der Waals surface area contributed by atoms with Crippen molar-refractivity contribution in [2.75, 3.05) is 0 Å². The molecule has 0 spiro atoms. The minimum Gasteiger partial charge on any atom is -0.389 e. The first kappa shape index (κ1) is 13.7. The van der Waals surface area contributed by atoms with Gasteiger partial charge in [0, 0.05) is 0 Å². The van der Waals surface area contributed by atoms with Gasteiger partial charge >= 0.3 is 0 Å². The fourth-order valence-corrected chi connectivity index (χ4v) is 1.61. The normalized spacial score (nSPS) is 10.1. The summed E-state index contributed by atoms with van der Waals surface area (Å²) < 4.78 is 0. The van der Waals surface area contributed by atoms with Crippen LogP contribution in [0.4, 0.5) is 0 Å². The number of rotatable bonds is 3. The number of benzene rings is 1. The maximum absolute atomic E-state index is 8.52. The second kappa shape index (κ2) is 5.84. The first-order valence-corrected chi connectivity index (χ1v) is 5.57. The van der Waals surface area contributed by atoms with Crippen LogP contribution in [0.5, 0.6) is 0 Å². The van der Waals surface area contributed by atoms with Crippen molar-refractivity contribution in [1.29, 1.82) is 10.5 Å². The fourth-order valence-electron chi connectivity index (χ4n) is 1.61. The van der Waals surface area contributed by atoms with Crippen molar-refractivity contribution < 1.29 is 4.84 Å². The highest BCUT2D eigenvalue weighted by atomic mass is 16.6. The zero-order chi connectivity index (χ0) is 13.6. The molecule has 4 heteroatoms. The van der Waals surface area contributed by atoms with Gasteiger partial charge in [-0.25, -0.2) is 0 Å². The zero-order valence-corrected chi connectivity index (χ0v) is 10.8. The molecule has 0 aromatic heterocycles. The Hall–Kier alpha value is -2.33. The first-order chi connectivity index (χ1) is 8.49. The molecule has 0 atom stereocenters. The van der Waals surface area contributed by atoms with Crippen molar-refractivity contribution in [3.8, 4) is 12.1 Å². The van der Waals surface area contributed by atoms with Crippen LogP contribution in [0.2, 0.25) is 0 Å². The van der Waals surface area contributed by atoms with Crippen LogP contribution < -0.4 is 0 Å². The van der Waals surface area contributed by atoms with E-state index >= 15 is 0 Å². The lowest BCUT2D eigenvalue weighted by Gasteiger charge is -2.22. The Morgan fingerprint density at radius 2 is 1.83 bits per heavy atom. The van der Waals surface area contributed by atoms with Crippen molar-refractivity contribution in [2.24, 2.45) is 5.16 Å². The summed E-state index contributed by atoms with van der Waals surface area (Å²) in [6, 6.07) is 11.2. The van der Waals surface area contributed by atoms with E-state index in [2.05, 4.69) is 25.9 Å². The zero-order valence-electron chi connectivity index (χ0n) is 10.8. The Bertz CT molecular complexity index is 511. The molecule has 0 saturated carbocycles. The predicted molar refractivity (Wildman–Crippen MR) is 68.6 cm³/mol. The van der Waals surface area contributed by atoms with Crippen LogP contribution in [-0.2, 0) is 16.9 Å². The highest BCUT2D eigenvalue weighted by Crippen LogP contribution is 2.26. The van der Waals surface area contributed by atoms with E-state index in [1.54, 1.807) is 12.1 Å². The van der Waals surface area contributed by atoms with Gasteiger partial charge in [-0.15, -0.1) is 0 Å². The molecule has 4 nitrogen and oxygen atoms in total. The smallest absolute Gasteiger partial charge is 0.256 e. The SMILES string of the molecule is CC(C)(C)c1ccccc1CON=C(C#N)C#N. The monoisotopic (exact) mass is 241 g/mol. The molecule has 0 amide bonds. The molecule has 0 bridgehead atoms. The van der Waals surface area contributed by atoms with Gasteiger partial charge < -0.3 is 4.84 Å². The first-order valence-electron chi connectivity index (χ1n) is 5.57. The molecule has 92 valence electrons. The van der Waals surface area contributed by atoms with Gasteiger partial charge in [-0.3, -0.25) is 0 Å². The summed E-state index contributed by atoms with van der Waals surface area (Å²) in [5.41, 5.74) is 1.90. The van der Waals surface area contributed by atoms with E-state index in [-0.39, 0.29) is 17.7 Å². The topological polar surface area (TPSA) is 69.2 Å².